The first-order chi connectivity index (χ1) is 8.71. The number of nitrogens with zero attached hydrogens (tertiary/aromatic N) is 1. The molecule has 19 heavy (non-hydrogen) atoms. The van der Waals surface area contributed by atoms with Crippen molar-refractivity contribution in [3.8, 4) is 0 Å². The second-order valence-electron chi connectivity index (χ2n) is 5.95. The number of piperidine rings is 1. The van der Waals surface area contributed by atoms with Crippen LogP contribution in [0.4, 0.5) is 0 Å². The predicted molar refractivity (Wildman–Crippen MR) is 66.5 cm³/mol. The highest BCUT2D eigenvalue weighted by Gasteiger charge is 2.29. The van der Waals surface area contributed by atoms with Gasteiger partial charge < -0.3 is 20.5 Å². The Morgan fingerprint density at radius 2 is 1.74 bits per heavy atom. The van der Waals surface area contributed by atoms with Crippen LogP contribution in [-0.4, -0.2) is 35.8 Å². The molecule has 0 aromatic carbocycles. The lowest BCUT2D eigenvalue weighted by molar-refractivity contribution is -0.307. The number of amides is 2. The third-order valence-corrected chi connectivity index (χ3v) is 3.50. The van der Waals surface area contributed by atoms with Crippen molar-refractivity contribution in [1.82, 2.24) is 4.90 Å². The summed E-state index contributed by atoms with van der Waals surface area (Å²) in [5.41, 5.74) is 4.62. The number of carbonyl (C=O) groups excluding carboxylic acids is 3. The van der Waals surface area contributed by atoms with E-state index < -0.39 is 11.4 Å². The number of hydrogen-bond acceptors (Lipinski definition) is 4. The number of aliphatic carboxylic acids is 1. The van der Waals surface area contributed by atoms with E-state index in [4.69, 9.17) is 5.73 Å². The standard InChI is InChI=1S/C13H22N2O4/c1-13(2,8-11(17)18)7-10(16)15-5-3-9(4-6-15)12(14)19/h9H,3-8H2,1-2H3,(H2,14,19)(H,17,18)/p-1. The molecule has 0 aromatic heterocycles. The molecule has 1 fully saturated rings. The molecule has 0 radical (unpaired) electrons. The number of primary amides is 1. The van der Waals surface area contributed by atoms with Crippen LogP contribution in [0, 0.1) is 11.3 Å². The van der Waals surface area contributed by atoms with Gasteiger partial charge in [-0.25, -0.2) is 0 Å². The topological polar surface area (TPSA) is 104 Å². The number of nitrogens with two attached hydrogens (primary N) is 1. The Hall–Kier alpha value is -1.59. The molecule has 2 N–H and O–H groups in total. The van der Waals surface area contributed by atoms with Gasteiger partial charge in [-0.15, -0.1) is 0 Å². The Bertz CT molecular complexity index is 371. The van der Waals surface area contributed by atoms with E-state index in [0.717, 1.165) is 0 Å². The van der Waals surface area contributed by atoms with E-state index in [2.05, 4.69) is 0 Å². The lowest BCUT2D eigenvalue weighted by atomic mass is 9.84. The molecule has 1 heterocycles. The number of carboxylic acids is 1. The lowest BCUT2D eigenvalue weighted by Gasteiger charge is -2.33. The third kappa shape index (κ3) is 4.89. The average molecular weight is 269 g/mol. The summed E-state index contributed by atoms with van der Waals surface area (Å²) < 4.78 is 0. The van der Waals surface area contributed by atoms with Gasteiger partial charge in [0.15, 0.2) is 0 Å². The molecule has 1 aliphatic rings. The van der Waals surface area contributed by atoms with Gasteiger partial charge in [0.2, 0.25) is 11.8 Å². The van der Waals surface area contributed by atoms with Gasteiger partial charge in [0, 0.05) is 31.4 Å². The SMILES string of the molecule is CC(C)(CC(=O)[O-])CC(=O)N1CCC(C(N)=O)CC1. The molecule has 0 spiro atoms. The van der Waals surface area contributed by atoms with Crippen molar-refractivity contribution in [2.75, 3.05) is 13.1 Å². The van der Waals surface area contributed by atoms with Crippen LogP contribution in [0.1, 0.15) is 39.5 Å². The van der Waals surface area contributed by atoms with Gasteiger partial charge in [-0.3, -0.25) is 9.59 Å². The highest BCUT2D eigenvalue weighted by atomic mass is 16.4. The van der Waals surface area contributed by atoms with Crippen molar-refractivity contribution in [2.24, 2.45) is 17.1 Å². The summed E-state index contributed by atoms with van der Waals surface area (Å²) in [4.78, 5) is 35.4. The number of carboxylic acid groups (broad SMARTS) is 1. The normalized spacial score (nSPS) is 17.3. The Morgan fingerprint density at radius 3 is 2.16 bits per heavy atom. The Morgan fingerprint density at radius 1 is 1.21 bits per heavy atom. The monoisotopic (exact) mass is 269 g/mol. The number of hydrogen-bond donors (Lipinski definition) is 1. The number of likely N-dealkylation sites (tertiary alicyclic amines) is 1. The van der Waals surface area contributed by atoms with E-state index >= 15 is 0 Å². The van der Waals surface area contributed by atoms with Gasteiger partial charge in [-0.05, 0) is 24.7 Å². The summed E-state index contributed by atoms with van der Waals surface area (Å²) in [6.45, 7) is 4.48. The first-order valence-electron chi connectivity index (χ1n) is 6.48. The molecule has 1 saturated heterocycles. The van der Waals surface area contributed by atoms with Crippen LogP contribution in [-0.2, 0) is 14.4 Å². The lowest BCUT2D eigenvalue weighted by Crippen LogP contribution is -2.43. The second-order valence-corrected chi connectivity index (χ2v) is 5.95. The zero-order valence-electron chi connectivity index (χ0n) is 11.5. The molecular weight excluding hydrogens is 248 g/mol. The van der Waals surface area contributed by atoms with E-state index in [-0.39, 0.29) is 30.6 Å². The Kier molecular flexibility index (Phi) is 4.91. The van der Waals surface area contributed by atoms with Gasteiger partial charge >= 0.3 is 0 Å². The summed E-state index contributed by atoms with van der Waals surface area (Å²) in [6, 6.07) is 0. The van der Waals surface area contributed by atoms with Crippen LogP contribution in [0.3, 0.4) is 0 Å². The Balaban J connectivity index is 2.47. The van der Waals surface area contributed by atoms with Gasteiger partial charge in [0.25, 0.3) is 0 Å². The maximum atomic E-state index is 12.1. The van der Waals surface area contributed by atoms with Gasteiger partial charge in [0.05, 0.1) is 0 Å². The largest absolute Gasteiger partial charge is 0.550 e. The summed E-state index contributed by atoms with van der Waals surface area (Å²) in [5, 5.41) is 10.6. The second kappa shape index (κ2) is 6.04. The van der Waals surface area contributed by atoms with Crippen LogP contribution in [0.5, 0.6) is 0 Å². The molecule has 0 bridgehead atoms. The van der Waals surface area contributed by atoms with Crippen molar-refractivity contribution < 1.29 is 19.5 Å². The summed E-state index contributed by atoms with van der Waals surface area (Å²) in [7, 11) is 0. The van der Waals surface area contributed by atoms with Crippen LogP contribution >= 0.6 is 0 Å². The number of rotatable bonds is 5. The molecule has 1 rings (SSSR count). The van der Waals surface area contributed by atoms with E-state index in [0.29, 0.717) is 25.9 Å². The fourth-order valence-electron chi connectivity index (χ4n) is 2.39. The van der Waals surface area contributed by atoms with E-state index in [1.54, 1.807) is 18.7 Å². The van der Waals surface area contributed by atoms with Crippen molar-refractivity contribution >= 4 is 17.8 Å². The first kappa shape index (κ1) is 15.5. The molecule has 0 saturated carbocycles. The van der Waals surface area contributed by atoms with Crippen molar-refractivity contribution in [2.45, 2.75) is 39.5 Å². The first-order valence-corrected chi connectivity index (χ1v) is 6.48. The molecule has 2 amide bonds. The molecule has 108 valence electrons. The maximum absolute atomic E-state index is 12.1. The highest BCUT2D eigenvalue weighted by molar-refractivity contribution is 5.79. The van der Waals surface area contributed by atoms with Crippen LogP contribution in [0.2, 0.25) is 0 Å². The molecule has 0 aromatic rings. The van der Waals surface area contributed by atoms with E-state index in [9.17, 15) is 19.5 Å². The fourth-order valence-corrected chi connectivity index (χ4v) is 2.39. The molecular formula is C13H21N2O4-. The van der Waals surface area contributed by atoms with Gasteiger partial charge in [-0.2, -0.15) is 0 Å². The van der Waals surface area contributed by atoms with Crippen LogP contribution in [0.25, 0.3) is 0 Å². The van der Waals surface area contributed by atoms with E-state index in [1.807, 2.05) is 0 Å². The van der Waals surface area contributed by atoms with Crippen molar-refractivity contribution in [1.29, 1.82) is 0 Å². The maximum Gasteiger partial charge on any atom is 0.223 e. The molecule has 0 aliphatic carbocycles. The average Bonchev–Trinajstić information content (AvgIpc) is 2.26. The minimum absolute atomic E-state index is 0.0748. The fraction of sp³-hybridized carbons (Fsp3) is 0.769. The van der Waals surface area contributed by atoms with Gasteiger partial charge in [-0.1, -0.05) is 13.8 Å². The Labute approximate surface area is 112 Å². The molecule has 6 nitrogen and oxygen atoms in total. The third-order valence-electron chi connectivity index (χ3n) is 3.50. The summed E-state index contributed by atoms with van der Waals surface area (Å²) in [5.74, 6) is -1.69. The summed E-state index contributed by atoms with van der Waals surface area (Å²) in [6.07, 6.45) is 1.20. The highest BCUT2D eigenvalue weighted by Crippen LogP contribution is 2.27. The van der Waals surface area contributed by atoms with Crippen LogP contribution in [0.15, 0.2) is 0 Å². The minimum Gasteiger partial charge on any atom is -0.550 e. The number of carbonyl (C=O) groups is 3. The van der Waals surface area contributed by atoms with Crippen molar-refractivity contribution in [3.63, 3.8) is 0 Å². The molecule has 6 heteroatoms. The molecule has 1 aliphatic heterocycles. The molecule has 0 atom stereocenters. The minimum atomic E-state index is -1.15. The zero-order chi connectivity index (χ0) is 14.6. The summed E-state index contributed by atoms with van der Waals surface area (Å²) >= 11 is 0. The zero-order valence-corrected chi connectivity index (χ0v) is 11.5. The van der Waals surface area contributed by atoms with Crippen molar-refractivity contribution in [3.05, 3.63) is 0 Å². The molecule has 0 unspecified atom stereocenters. The van der Waals surface area contributed by atoms with E-state index in [1.165, 1.54) is 0 Å². The smallest absolute Gasteiger partial charge is 0.223 e. The quantitative estimate of drug-likeness (QED) is 0.710. The van der Waals surface area contributed by atoms with Gasteiger partial charge in [0.1, 0.15) is 0 Å². The van der Waals surface area contributed by atoms with Crippen LogP contribution < -0.4 is 10.8 Å². The predicted octanol–water partition coefficient (Wildman–Crippen LogP) is -0.733.